The number of ether oxygens (including phenoxy) is 1. The third-order valence-corrected chi connectivity index (χ3v) is 6.10. The first kappa shape index (κ1) is 22.5. The van der Waals surface area contributed by atoms with Crippen LogP contribution in [-0.2, 0) is 12.0 Å². The van der Waals surface area contributed by atoms with Gasteiger partial charge in [-0.25, -0.2) is 4.98 Å². The predicted octanol–water partition coefficient (Wildman–Crippen LogP) is 7.64. The average molecular weight is 468 g/mol. The molecule has 0 amide bonds. The van der Waals surface area contributed by atoms with Crippen molar-refractivity contribution < 1.29 is 4.74 Å². The number of fused-ring (bicyclic) bond motifs is 1. The van der Waals surface area contributed by atoms with Gasteiger partial charge in [0.1, 0.15) is 5.75 Å². The maximum absolute atomic E-state index is 6.33. The third kappa shape index (κ3) is 4.72. The van der Waals surface area contributed by atoms with E-state index in [1.54, 1.807) is 6.07 Å². The number of halogens is 2. The summed E-state index contributed by atoms with van der Waals surface area (Å²) in [5.74, 6) is 1.55. The fraction of sp³-hybridized carbons (Fsp3) is 0.269. The van der Waals surface area contributed by atoms with Crippen LogP contribution in [0.1, 0.15) is 38.8 Å². The van der Waals surface area contributed by atoms with E-state index in [-0.39, 0.29) is 5.41 Å². The highest BCUT2D eigenvalue weighted by Gasteiger charge is 2.16. The molecule has 0 saturated heterocycles. The lowest BCUT2D eigenvalue weighted by atomic mass is 9.87. The molecule has 0 saturated carbocycles. The average Bonchev–Trinajstić information content (AvgIpc) is 3.10. The van der Waals surface area contributed by atoms with Gasteiger partial charge in [-0.3, -0.25) is 4.57 Å². The molecule has 32 heavy (non-hydrogen) atoms. The van der Waals surface area contributed by atoms with Crippen molar-refractivity contribution in [2.75, 3.05) is 11.9 Å². The van der Waals surface area contributed by atoms with Gasteiger partial charge in [-0.15, -0.1) is 0 Å². The van der Waals surface area contributed by atoms with E-state index in [1.165, 1.54) is 11.1 Å². The van der Waals surface area contributed by atoms with Crippen LogP contribution in [0.15, 0.2) is 60.7 Å². The first-order chi connectivity index (χ1) is 15.3. The molecule has 1 heterocycles. The Morgan fingerprint density at radius 1 is 0.938 bits per heavy atom. The molecule has 3 aromatic carbocycles. The van der Waals surface area contributed by atoms with Gasteiger partial charge in [0.05, 0.1) is 27.7 Å². The molecule has 0 aliphatic rings. The second-order valence-corrected chi connectivity index (χ2v) is 9.57. The zero-order valence-corrected chi connectivity index (χ0v) is 20.3. The molecule has 1 N–H and O–H groups in total. The van der Waals surface area contributed by atoms with E-state index in [9.17, 15) is 0 Å². The summed E-state index contributed by atoms with van der Waals surface area (Å²) < 4.78 is 7.64. The number of aromatic nitrogens is 2. The summed E-state index contributed by atoms with van der Waals surface area (Å²) in [6.07, 6.45) is 0. The molecule has 0 aliphatic heterocycles. The molecule has 0 unspecified atom stereocenters. The number of nitrogens with one attached hydrogen (secondary N) is 1. The molecule has 4 nitrogen and oxygen atoms in total. The first-order valence-corrected chi connectivity index (χ1v) is 11.5. The maximum atomic E-state index is 6.33. The van der Waals surface area contributed by atoms with Crippen LogP contribution in [0, 0.1) is 0 Å². The number of nitrogens with zero attached hydrogens (tertiary/aromatic N) is 2. The predicted molar refractivity (Wildman–Crippen MR) is 135 cm³/mol. The first-order valence-electron chi connectivity index (χ1n) is 10.7. The third-order valence-electron chi connectivity index (χ3n) is 5.37. The van der Waals surface area contributed by atoms with Gasteiger partial charge in [-0.2, -0.15) is 0 Å². The topological polar surface area (TPSA) is 39.1 Å². The van der Waals surface area contributed by atoms with Crippen molar-refractivity contribution in [3.63, 3.8) is 0 Å². The van der Waals surface area contributed by atoms with Crippen molar-refractivity contribution >= 4 is 40.2 Å². The molecule has 0 bridgehead atoms. The van der Waals surface area contributed by atoms with Crippen LogP contribution < -0.4 is 10.1 Å². The summed E-state index contributed by atoms with van der Waals surface area (Å²) in [4.78, 5) is 4.80. The van der Waals surface area contributed by atoms with Gasteiger partial charge in [0.15, 0.2) is 0 Å². The van der Waals surface area contributed by atoms with Gasteiger partial charge in [0.2, 0.25) is 5.95 Å². The second-order valence-electron chi connectivity index (χ2n) is 8.75. The molecule has 0 aliphatic carbocycles. The van der Waals surface area contributed by atoms with Gasteiger partial charge >= 0.3 is 0 Å². The lowest BCUT2D eigenvalue weighted by molar-refractivity contribution is 0.340. The van der Waals surface area contributed by atoms with Gasteiger partial charge < -0.3 is 10.1 Å². The van der Waals surface area contributed by atoms with Crippen molar-refractivity contribution in [1.82, 2.24) is 9.55 Å². The Labute approximate surface area is 199 Å². The van der Waals surface area contributed by atoms with Crippen LogP contribution in [0.5, 0.6) is 5.75 Å². The Kier molecular flexibility index (Phi) is 6.36. The fourth-order valence-corrected chi connectivity index (χ4v) is 3.93. The molecule has 0 spiro atoms. The van der Waals surface area contributed by atoms with Gasteiger partial charge in [0, 0.05) is 12.2 Å². The van der Waals surface area contributed by atoms with Crippen molar-refractivity contribution in [1.29, 1.82) is 0 Å². The second kappa shape index (κ2) is 9.05. The molecule has 1 aromatic heterocycles. The number of hydrogen-bond donors (Lipinski definition) is 1. The van der Waals surface area contributed by atoms with Crippen LogP contribution in [0.3, 0.4) is 0 Å². The van der Waals surface area contributed by atoms with Crippen molar-refractivity contribution in [3.8, 4) is 11.4 Å². The number of rotatable bonds is 6. The van der Waals surface area contributed by atoms with Crippen LogP contribution in [-0.4, -0.2) is 16.2 Å². The minimum Gasteiger partial charge on any atom is -0.494 e. The molecule has 4 rings (SSSR count). The minimum atomic E-state index is 0.131. The standard InChI is InChI=1S/C26H27Cl2N3O/c1-5-32-20-12-10-19(11-13-20)31-24-15-22(28)21(27)14-23(24)30-25(31)29-16-17-6-8-18(9-7-17)26(2,3)4/h6-15H,5,16H2,1-4H3,(H,29,30). The van der Waals surface area contributed by atoms with E-state index in [1.807, 2.05) is 37.3 Å². The zero-order valence-electron chi connectivity index (χ0n) is 18.7. The number of hydrogen-bond acceptors (Lipinski definition) is 3. The van der Waals surface area contributed by atoms with Crippen LogP contribution in [0.2, 0.25) is 10.0 Å². The molecule has 0 fully saturated rings. The van der Waals surface area contributed by atoms with Crippen LogP contribution >= 0.6 is 23.2 Å². The largest absolute Gasteiger partial charge is 0.494 e. The maximum Gasteiger partial charge on any atom is 0.208 e. The van der Waals surface area contributed by atoms with E-state index in [2.05, 4.69) is 54.9 Å². The Balaban J connectivity index is 1.69. The van der Waals surface area contributed by atoms with Crippen molar-refractivity contribution in [2.45, 2.75) is 39.7 Å². The Bertz CT molecular complexity index is 1220. The minimum absolute atomic E-state index is 0.131. The highest BCUT2D eigenvalue weighted by molar-refractivity contribution is 6.42. The number of anilines is 1. The SMILES string of the molecule is CCOc1ccc(-n2c(NCc3ccc(C(C)(C)C)cc3)nc3cc(Cl)c(Cl)cc32)cc1. The fourth-order valence-electron chi connectivity index (χ4n) is 3.61. The van der Waals surface area contributed by atoms with Crippen molar-refractivity contribution in [2.24, 2.45) is 0 Å². The van der Waals surface area contributed by atoms with Gasteiger partial charge in [0.25, 0.3) is 0 Å². The summed E-state index contributed by atoms with van der Waals surface area (Å²) in [5, 5.41) is 4.47. The van der Waals surface area contributed by atoms with Crippen LogP contribution in [0.4, 0.5) is 5.95 Å². The van der Waals surface area contributed by atoms with E-state index in [4.69, 9.17) is 32.9 Å². The molecular weight excluding hydrogens is 441 g/mol. The molecule has 4 aromatic rings. The number of imidazole rings is 1. The van der Waals surface area contributed by atoms with Gasteiger partial charge in [-0.05, 0) is 59.9 Å². The lowest BCUT2D eigenvalue weighted by Crippen LogP contribution is -2.11. The highest BCUT2D eigenvalue weighted by atomic mass is 35.5. The van der Waals surface area contributed by atoms with E-state index < -0.39 is 0 Å². The molecule has 166 valence electrons. The van der Waals surface area contributed by atoms with E-state index >= 15 is 0 Å². The molecule has 0 atom stereocenters. The van der Waals surface area contributed by atoms with Crippen LogP contribution in [0.25, 0.3) is 16.7 Å². The normalized spacial score (nSPS) is 11.7. The Morgan fingerprint density at radius 3 is 2.22 bits per heavy atom. The van der Waals surface area contributed by atoms with E-state index in [0.717, 1.165) is 28.4 Å². The molecule has 0 radical (unpaired) electrons. The van der Waals surface area contributed by atoms with Crippen molar-refractivity contribution in [3.05, 3.63) is 81.8 Å². The quantitative estimate of drug-likeness (QED) is 0.316. The smallest absolute Gasteiger partial charge is 0.208 e. The summed E-state index contributed by atoms with van der Waals surface area (Å²) in [6, 6.07) is 20.3. The Hall–Kier alpha value is -2.69. The monoisotopic (exact) mass is 467 g/mol. The zero-order chi connectivity index (χ0) is 22.9. The Morgan fingerprint density at radius 2 is 1.59 bits per heavy atom. The summed E-state index contributed by atoms with van der Waals surface area (Å²) in [7, 11) is 0. The summed E-state index contributed by atoms with van der Waals surface area (Å²) in [6.45, 7) is 9.90. The summed E-state index contributed by atoms with van der Waals surface area (Å²) >= 11 is 12.6. The number of benzene rings is 3. The lowest BCUT2D eigenvalue weighted by Gasteiger charge is -2.19. The summed E-state index contributed by atoms with van der Waals surface area (Å²) in [5.41, 5.74) is 5.24. The highest BCUT2D eigenvalue weighted by Crippen LogP contribution is 2.32. The van der Waals surface area contributed by atoms with Gasteiger partial charge in [-0.1, -0.05) is 68.2 Å². The molecular formula is C26H27Cl2N3O. The van der Waals surface area contributed by atoms with E-state index in [0.29, 0.717) is 23.2 Å². The molecule has 6 heteroatoms.